The van der Waals surface area contributed by atoms with Crippen LogP contribution in [0.2, 0.25) is 0 Å². The Balaban J connectivity index is 2.52. The topological polar surface area (TPSA) is 29.1 Å². The van der Waals surface area contributed by atoms with E-state index < -0.39 is 0 Å². The average molecular weight is 155 g/mol. The Bertz CT molecular complexity index is 161. The van der Waals surface area contributed by atoms with Crippen molar-refractivity contribution in [1.29, 1.82) is 0 Å². The molecular formula is C9H17NO. The zero-order valence-electron chi connectivity index (χ0n) is 7.61. The van der Waals surface area contributed by atoms with Crippen molar-refractivity contribution in [3.8, 4) is 0 Å². The molecule has 0 radical (unpaired) electrons. The minimum atomic E-state index is -0.0462. The summed E-state index contributed by atoms with van der Waals surface area (Å²) < 4.78 is 0. The van der Waals surface area contributed by atoms with Crippen molar-refractivity contribution in [2.24, 2.45) is 11.3 Å². The largest absolute Gasteiger partial charge is 0.315 e. The summed E-state index contributed by atoms with van der Waals surface area (Å²) in [6.07, 6.45) is 0.967. The number of hydrogen-bond acceptors (Lipinski definition) is 2. The van der Waals surface area contributed by atoms with Gasteiger partial charge < -0.3 is 5.32 Å². The lowest BCUT2D eigenvalue weighted by Crippen LogP contribution is -2.57. The van der Waals surface area contributed by atoms with Crippen LogP contribution in [-0.4, -0.2) is 18.9 Å². The third kappa shape index (κ3) is 1.45. The van der Waals surface area contributed by atoms with Crippen LogP contribution < -0.4 is 5.32 Å². The highest BCUT2D eigenvalue weighted by atomic mass is 16.1. The van der Waals surface area contributed by atoms with Crippen molar-refractivity contribution in [2.45, 2.75) is 27.2 Å². The van der Waals surface area contributed by atoms with E-state index in [0.29, 0.717) is 5.78 Å². The molecular weight excluding hydrogens is 138 g/mol. The molecule has 1 aliphatic rings. The summed E-state index contributed by atoms with van der Waals surface area (Å²) in [5, 5.41) is 3.14. The molecule has 0 spiro atoms. The Morgan fingerprint density at radius 2 is 2.18 bits per heavy atom. The Labute approximate surface area is 68.4 Å². The summed E-state index contributed by atoms with van der Waals surface area (Å²) in [4.78, 5) is 11.6. The number of nitrogens with one attached hydrogen (secondary N) is 1. The van der Waals surface area contributed by atoms with Gasteiger partial charge in [0.2, 0.25) is 0 Å². The first-order valence-corrected chi connectivity index (χ1v) is 4.35. The van der Waals surface area contributed by atoms with Gasteiger partial charge in [-0.3, -0.25) is 4.79 Å². The Morgan fingerprint density at radius 1 is 1.64 bits per heavy atom. The lowest BCUT2D eigenvalue weighted by molar-refractivity contribution is -0.134. The maximum absolute atomic E-state index is 11.6. The Kier molecular flexibility index (Phi) is 2.33. The summed E-state index contributed by atoms with van der Waals surface area (Å²) in [6, 6.07) is 0. The number of hydrogen-bond donors (Lipinski definition) is 1. The van der Waals surface area contributed by atoms with E-state index in [-0.39, 0.29) is 11.3 Å². The lowest BCUT2D eigenvalue weighted by atomic mass is 9.75. The standard InChI is InChI=1S/C9H17NO/c1-4-7(2)8(11)9(3)5-10-6-9/h7,10H,4-6H2,1-3H3. The highest BCUT2D eigenvalue weighted by Crippen LogP contribution is 2.27. The highest BCUT2D eigenvalue weighted by Gasteiger charge is 2.40. The Hall–Kier alpha value is -0.370. The second kappa shape index (κ2) is 2.94. The quantitative estimate of drug-likeness (QED) is 0.663. The molecule has 1 heterocycles. The fraction of sp³-hybridized carbons (Fsp3) is 0.889. The fourth-order valence-electron chi connectivity index (χ4n) is 1.45. The monoisotopic (exact) mass is 155 g/mol. The lowest BCUT2D eigenvalue weighted by Gasteiger charge is -2.39. The molecule has 1 saturated heterocycles. The second-order valence-corrected chi connectivity index (χ2v) is 3.84. The van der Waals surface area contributed by atoms with Crippen molar-refractivity contribution < 1.29 is 4.79 Å². The number of carbonyl (C=O) groups excluding carboxylic acids is 1. The molecule has 1 aliphatic heterocycles. The predicted octanol–water partition coefficient (Wildman–Crippen LogP) is 1.21. The van der Waals surface area contributed by atoms with Gasteiger partial charge in [0.25, 0.3) is 0 Å². The van der Waals surface area contributed by atoms with Crippen molar-refractivity contribution in [3.05, 3.63) is 0 Å². The molecule has 2 heteroatoms. The number of ketones is 1. The molecule has 0 aromatic rings. The number of Topliss-reactive ketones (excluding diaryl/α,β-unsaturated/α-hetero) is 1. The molecule has 0 amide bonds. The van der Waals surface area contributed by atoms with Gasteiger partial charge in [-0.1, -0.05) is 20.8 Å². The van der Waals surface area contributed by atoms with Gasteiger partial charge in [0.15, 0.2) is 0 Å². The molecule has 64 valence electrons. The first-order valence-electron chi connectivity index (χ1n) is 4.35. The minimum absolute atomic E-state index is 0.0462. The van der Waals surface area contributed by atoms with Crippen LogP contribution in [0.15, 0.2) is 0 Å². The van der Waals surface area contributed by atoms with Crippen LogP contribution in [0.4, 0.5) is 0 Å². The molecule has 0 aromatic heterocycles. The molecule has 0 aromatic carbocycles. The van der Waals surface area contributed by atoms with E-state index in [0.717, 1.165) is 19.5 Å². The molecule has 11 heavy (non-hydrogen) atoms. The van der Waals surface area contributed by atoms with Gasteiger partial charge in [0.05, 0.1) is 5.41 Å². The smallest absolute Gasteiger partial charge is 0.144 e. The van der Waals surface area contributed by atoms with E-state index in [4.69, 9.17) is 0 Å². The van der Waals surface area contributed by atoms with Crippen LogP contribution in [0.5, 0.6) is 0 Å². The van der Waals surface area contributed by atoms with E-state index in [2.05, 4.69) is 19.2 Å². The molecule has 1 rings (SSSR count). The van der Waals surface area contributed by atoms with Gasteiger partial charge in [-0.15, -0.1) is 0 Å². The van der Waals surface area contributed by atoms with Crippen LogP contribution in [0.25, 0.3) is 0 Å². The van der Waals surface area contributed by atoms with Gasteiger partial charge in [-0.25, -0.2) is 0 Å². The molecule has 1 N–H and O–H groups in total. The summed E-state index contributed by atoms with van der Waals surface area (Å²) in [7, 11) is 0. The highest BCUT2D eigenvalue weighted by molar-refractivity contribution is 5.87. The van der Waals surface area contributed by atoms with E-state index in [9.17, 15) is 4.79 Å². The zero-order chi connectivity index (χ0) is 8.48. The average Bonchev–Trinajstić information content (AvgIpc) is 1.97. The summed E-state index contributed by atoms with van der Waals surface area (Å²) in [5.41, 5.74) is -0.0462. The molecule has 0 saturated carbocycles. The maximum atomic E-state index is 11.6. The predicted molar refractivity (Wildman–Crippen MR) is 45.4 cm³/mol. The van der Waals surface area contributed by atoms with E-state index in [1.165, 1.54) is 0 Å². The van der Waals surface area contributed by atoms with Crippen LogP contribution in [0, 0.1) is 11.3 Å². The van der Waals surface area contributed by atoms with Crippen LogP contribution in [0.3, 0.4) is 0 Å². The molecule has 1 unspecified atom stereocenters. The molecule has 1 fully saturated rings. The van der Waals surface area contributed by atoms with Crippen molar-refractivity contribution in [2.75, 3.05) is 13.1 Å². The zero-order valence-corrected chi connectivity index (χ0v) is 7.61. The SMILES string of the molecule is CCC(C)C(=O)C1(C)CNC1. The van der Waals surface area contributed by atoms with Crippen LogP contribution >= 0.6 is 0 Å². The first-order chi connectivity index (χ1) is 5.10. The second-order valence-electron chi connectivity index (χ2n) is 3.84. The van der Waals surface area contributed by atoms with Gasteiger partial charge in [0.1, 0.15) is 5.78 Å². The first kappa shape index (κ1) is 8.72. The summed E-state index contributed by atoms with van der Waals surface area (Å²) >= 11 is 0. The third-order valence-corrected chi connectivity index (χ3v) is 2.69. The third-order valence-electron chi connectivity index (χ3n) is 2.69. The maximum Gasteiger partial charge on any atom is 0.144 e. The molecule has 2 nitrogen and oxygen atoms in total. The summed E-state index contributed by atoms with van der Waals surface area (Å²) in [6.45, 7) is 7.88. The van der Waals surface area contributed by atoms with Crippen molar-refractivity contribution >= 4 is 5.78 Å². The van der Waals surface area contributed by atoms with E-state index >= 15 is 0 Å². The molecule has 0 aliphatic carbocycles. The number of carbonyl (C=O) groups is 1. The Morgan fingerprint density at radius 3 is 2.45 bits per heavy atom. The van der Waals surface area contributed by atoms with E-state index in [1.807, 2.05) is 6.92 Å². The fourth-order valence-corrected chi connectivity index (χ4v) is 1.45. The van der Waals surface area contributed by atoms with Gasteiger partial charge in [-0.05, 0) is 6.42 Å². The number of rotatable bonds is 3. The van der Waals surface area contributed by atoms with Gasteiger partial charge >= 0.3 is 0 Å². The summed E-state index contributed by atoms with van der Waals surface area (Å²) in [5.74, 6) is 0.667. The molecule has 1 atom stereocenters. The van der Waals surface area contributed by atoms with E-state index in [1.54, 1.807) is 0 Å². The normalized spacial score (nSPS) is 23.9. The van der Waals surface area contributed by atoms with Crippen molar-refractivity contribution in [1.82, 2.24) is 5.32 Å². The van der Waals surface area contributed by atoms with Crippen LogP contribution in [-0.2, 0) is 4.79 Å². The van der Waals surface area contributed by atoms with Gasteiger partial charge in [0, 0.05) is 19.0 Å². The van der Waals surface area contributed by atoms with Crippen LogP contribution in [0.1, 0.15) is 27.2 Å². The van der Waals surface area contributed by atoms with Crippen molar-refractivity contribution in [3.63, 3.8) is 0 Å². The minimum Gasteiger partial charge on any atom is -0.315 e. The van der Waals surface area contributed by atoms with Gasteiger partial charge in [-0.2, -0.15) is 0 Å². The molecule has 0 bridgehead atoms.